The number of benzene rings is 3. The minimum absolute atomic E-state index is 0.0953. The van der Waals surface area contributed by atoms with Gasteiger partial charge in [-0.3, -0.25) is 0 Å². The molecular weight excluding hydrogens is 508 g/mol. The molecule has 0 saturated heterocycles. The lowest BCUT2D eigenvalue weighted by molar-refractivity contribution is -0.160. The van der Waals surface area contributed by atoms with Gasteiger partial charge in [0, 0.05) is 6.08 Å². The van der Waals surface area contributed by atoms with E-state index in [0.717, 1.165) is 18.1 Å². The van der Waals surface area contributed by atoms with Gasteiger partial charge < -0.3 is 23.7 Å². The Bertz CT molecular complexity index is 1340. The second kappa shape index (κ2) is 13.9. The molecule has 0 bridgehead atoms. The highest BCUT2D eigenvalue weighted by atomic mass is 16.6. The second-order valence-corrected chi connectivity index (χ2v) is 7.77. The molecule has 0 fully saturated rings. The number of hydrogen-bond donors (Lipinski definition) is 0. The topological polar surface area (TPSA) is 132 Å². The van der Waals surface area contributed by atoms with Crippen LogP contribution >= 0.6 is 0 Å². The number of rotatable bonds is 11. The molecule has 0 unspecified atom stereocenters. The van der Waals surface area contributed by atoms with Crippen molar-refractivity contribution >= 4 is 29.8 Å². The quantitative estimate of drug-likeness (QED) is 0.204. The van der Waals surface area contributed by atoms with Crippen LogP contribution in [0.4, 0.5) is 0 Å². The third kappa shape index (κ3) is 8.97. The number of ether oxygens (including phenoxy) is 5. The van der Waals surface area contributed by atoms with Crippen LogP contribution in [0.2, 0.25) is 0 Å². The van der Waals surface area contributed by atoms with Crippen LogP contribution in [0.3, 0.4) is 0 Å². The molecule has 0 aliphatic carbocycles. The molecule has 0 heterocycles. The van der Waals surface area contributed by atoms with Gasteiger partial charge in [0.25, 0.3) is 0 Å². The zero-order valence-electron chi connectivity index (χ0n) is 20.9. The SMILES string of the molecule is C=CC(=O)OCC(=O)OCC(=O)Oc1ccc(C(=O)Oc2ccc(C(=O)Oc3ccc(CC)cc3)cc2)cc1. The van der Waals surface area contributed by atoms with Crippen molar-refractivity contribution in [2.24, 2.45) is 0 Å². The number of hydrogen-bond acceptors (Lipinski definition) is 10. The normalized spacial score (nSPS) is 10.1. The zero-order chi connectivity index (χ0) is 28.2. The van der Waals surface area contributed by atoms with Gasteiger partial charge in [0.2, 0.25) is 0 Å². The largest absolute Gasteiger partial charge is 0.451 e. The zero-order valence-corrected chi connectivity index (χ0v) is 20.9. The first-order chi connectivity index (χ1) is 18.8. The van der Waals surface area contributed by atoms with Gasteiger partial charge in [-0.2, -0.15) is 0 Å². The van der Waals surface area contributed by atoms with E-state index in [-0.39, 0.29) is 22.6 Å². The summed E-state index contributed by atoms with van der Waals surface area (Å²) in [5, 5.41) is 0. The first-order valence-corrected chi connectivity index (χ1v) is 11.7. The second-order valence-electron chi connectivity index (χ2n) is 7.77. The molecule has 10 nitrogen and oxygen atoms in total. The molecule has 3 rings (SSSR count). The Morgan fingerprint density at radius 2 is 1.05 bits per heavy atom. The monoisotopic (exact) mass is 532 g/mol. The Balaban J connectivity index is 1.46. The number of aryl methyl sites for hydroxylation is 1. The molecule has 0 amide bonds. The van der Waals surface area contributed by atoms with Gasteiger partial charge in [-0.15, -0.1) is 0 Å². The maximum atomic E-state index is 12.4. The van der Waals surface area contributed by atoms with Gasteiger partial charge in [0.05, 0.1) is 11.1 Å². The van der Waals surface area contributed by atoms with Gasteiger partial charge in [-0.05, 0) is 72.6 Å². The highest BCUT2D eigenvalue weighted by Gasteiger charge is 2.14. The van der Waals surface area contributed by atoms with E-state index in [1.807, 2.05) is 19.1 Å². The Kier molecular flexibility index (Phi) is 10.1. The summed E-state index contributed by atoms with van der Waals surface area (Å²) in [5.41, 5.74) is 1.58. The minimum Gasteiger partial charge on any atom is -0.451 e. The standard InChI is InChI=1S/C29H24O10/c1-3-19-5-11-23(12-6-19)38-28(33)21-9-15-24(16-10-21)39-29(34)20-7-13-22(14-8-20)37-27(32)18-36-26(31)17-35-25(30)4-2/h4-16H,2-3,17-18H2,1H3. The summed E-state index contributed by atoms with van der Waals surface area (Å²) in [7, 11) is 0. The van der Waals surface area contributed by atoms with Crippen LogP contribution < -0.4 is 14.2 Å². The van der Waals surface area contributed by atoms with Crippen LogP contribution in [-0.2, 0) is 30.3 Å². The summed E-state index contributed by atoms with van der Waals surface area (Å²) in [6.07, 6.45) is 1.76. The van der Waals surface area contributed by atoms with Crippen molar-refractivity contribution in [1.29, 1.82) is 0 Å². The molecule has 10 heteroatoms. The van der Waals surface area contributed by atoms with E-state index in [1.54, 1.807) is 12.1 Å². The molecule has 0 spiro atoms. The van der Waals surface area contributed by atoms with E-state index in [2.05, 4.69) is 16.1 Å². The predicted molar refractivity (Wildman–Crippen MR) is 136 cm³/mol. The highest BCUT2D eigenvalue weighted by Crippen LogP contribution is 2.19. The molecule has 0 N–H and O–H groups in total. The predicted octanol–water partition coefficient (Wildman–Crippen LogP) is 3.87. The van der Waals surface area contributed by atoms with Gasteiger partial charge >= 0.3 is 29.8 Å². The molecule has 0 aliphatic heterocycles. The summed E-state index contributed by atoms with van der Waals surface area (Å²) >= 11 is 0. The van der Waals surface area contributed by atoms with Gasteiger partial charge in [-0.1, -0.05) is 25.6 Å². The number of esters is 5. The Hall–Kier alpha value is -5.25. The smallest absolute Gasteiger partial charge is 0.349 e. The third-order valence-electron chi connectivity index (χ3n) is 5.01. The fraction of sp³-hybridized carbons (Fsp3) is 0.138. The van der Waals surface area contributed by atoms with Crippen LogP contribution in [0.15, 0.2) is 85.5 Å². The average Bonchev–Trinajstić information content (AvgIpc) is 2.95. The van der Waals surface area contributed by atoms with Crippen LogP contribution in [0.25, 0.3) is 0 Å². The number of carbonyl (C=O) groups is 5. The highest BCUT2D eigenvalue weighted by molar-refractivity contribution is 5.93. The van der Waals surface area contributed by atoms with Gasteiger partial charge in [0.1, 0.15) is 17.2 Å². The van der Waals surface area contributed by atoms with Crippen molar-refractivity contribution in [3.05, 3.63) is 102 Å². The Morgan fingerprint density at radius 3 is 1.51 bits per heavy atom. The maximum Gasteiger partial charge on any atom is 0.349 e. The third-order valence-corrected chi connectivity index (χ3v) is 5.01. The Labute approximate surface area is 223 Å². The molecule has 3 aromatic carbocycles. The summed E-state index contributed by atoms with van der Waals surface area (Å²) in [6, 6.07) is 18.6. The molecule has 0 aliphatic rings. The summed E-state index contributed by atoms with van der Waals surface area (Å²) in [4.78, 5) is 58.9. The summed E-state index contributed by atoms with van der Waals surface area (Å²) in [6.45, 7) is 3.83. The minimum atomic E-state index is -0.938. The van der Waals surface area contributed by atoms with Crippen molar-refractivity contribution in [2.75, 3.05) is 13.2 Å². The average molecular weight is 533 g/mol. The van der Waals surface area contributed by atoms with E-state index in [0.29, 0.717) is 5.75 Å². The van der Waals surface area contributed by atoms with Crippen molar-refractivity contribution in [2.45, 2.75) is 13.3 Å². The van der Waals surface area contributed by atoms with Gasteiger partial charge in [-0.25, -0.2) is 24.0 Å². The fourth-order valence-electron chi connectivity index (χ4n) is 2.97. The van der Waals surface area contributed by atoms with Crippen molar-refractivity contribution in [3.63, 3.8) is 0 Å². The number of carbonyl (C=O) groups excluding carboxylic acids is 5. The van der Waals surface area contributed by atoms with E-state index in [4.69, 9.17) is 14.2 Å². The molecule has 0 aromatic heterocycles. The maximum absolute atomic E-state index is 12.4. The van der Waals surface area contributed by atoms with Gasteiger partial charge in [0.15, 0.2) is 13.2 Å². The Morgan fingerprint density at radius 1 is 0.615 bits per heavy atom. The van der Waals surface area contributed by atoms with E-state index >= 15 is 0 Å². The van der Waals surface area contributed by atoms with E-state index in [1.165, 1.54) is 48.5 Å². The molecule has 0 atom stereocenters. The van der Waals surface area contributed by atoms with Crippen LogP contribution in [0.1, 0.15) is 33.2 Å². The molecule has 3 aromatic rings. The van der Waals surface area contributed by atoms with Crippen molar-refractivity contribution < 1.29 is 47.7 Å². The van der Waals surface area contributed by atoms with E-state index < -0.39 is 43.1 Å². The summed E-state index contributed by atoms with van der Waals surface area (Å²) < 4.78 is 24.8. The van der Waals surface area contributed by atoms with Crippen LogP contribution in [0, 0.1) is 0 Å². The molecule has 200 valence electrons. The fourth-order valence-corrected chi connectivity index (χ4v) is 2.97. The lowest BCUT2D eigenvalue weighted by Crippen LogP contribution is -2.22. The van der Waals surface area contributed by atoms with E-state index in [9.17, 15) is 24.0 Å². The van der Waals surface area contributed by atoms with Crippen LogP contribution in [0.5, 0.6) is 17.2 Å². The lowest BCUT2D eigenvalue weighted by atomic mass is 10.2. The molecule has 0 radical (unpaired) electrons. The first-order valence-electron chi connectivity index (χ1n) is 11.7. The van der Waals surface area contributed by atoms with Crippen molar-refractivity contribution in [3.8, 4) is 17.2 Å². The summed E-state index contributed by atoms with van der Waals surface area (Å²) in [5.74, 6) is -3.13. The lowest BCUT2D eigenvalue weighted by Gasteiger charge is -2.08. The first kappa shape index (κ1) is 28.3. The van der Waals surface area contributed by atoms with Crippen LogP contribution in [-0.4, -0.2) is 43.1 Å². The molecule has 0 saturated carbocycles. The van der Waals surface area contributed by atoms with Crippen molar-refractivity contribution in [1.82, 2.24) is 0 Å². The molecular formula is C29H24O10. The molecule has 39 heavy (non-hydrogen) atoms.